The van der Waals surface area contributed by atoms with Crippen LogP contribution in [0.5, 0.6) is 0 Å². The van der Waals surface area contributed by atoms with Gasteiger partial charge in [-0.3, -0.25) is 9.59 Å². The fourth-order valence-corrected chi connectivity index (χ4v) is 3.59. The van der Waals surface area contributed by atoms with Crippen LogP contribution >= 0.6 is 11.6 Å². The molecule has 0 aliphatic carbocycles. The van der Waals surface area contributed by atoms with E-state index in [0.29, 0.717) is 10.7 Å². The number of anilines is 1. The Morgan fingerprint density at radius 1 is 1.00 bits per heavy atom. The Labute approximate surface area is 160 Å². The summed E-state index contributed by atoms with van der Waals surface area (Å²) in [4.78, 5) is 24.1. The number of benzene rings is 2. The Morgan fingerprint density at radius 2 is 1.67 bits per heavy atom. The maximum Gasteiger partial charge on any atom is 0.267 e. The number of carbonyl (C=O) groups excluding carboxylic acids is 1. The van der Waals surface area contributed by atoms with Gasteiger partial charge >= 0.3 is 0 Å². The molecule has 1 heterocycles. The number of hydrogen-bond donors (Lipinski definition) is 1. The Balaban J connectivity index is 1.87. The molecular weight excluding hydrogens is 390 g/mol. The minimum atomic E-state index is -3.95. The van der Waals surface area contributed by atoms with E-state index < -0.39 is 27.8 Å². The number of sulfone groups is 1. The van der Waals surface area contributed by atoms with Crippen molar-refractivity contribution in [1.29, 1.82) is 0 Å². The van der Waals surface area contributed by atoms with Gasteiger partial charge in [0, 0.05) is 16.8 Å². The zero-order chi connectivity index (χ0) is 19.4. The van der Waals surface area contributed by atoms with Gasteiger partial charge in [-0.05, 0) is 42.5 Å². The van der Waals surface area contributed by atoms with Gasteiger partial charge in [0.25, 0.3) is 5.56 Å². The molecule has 0 aliphatic rings. The predicted molar refractivity (Wildman–Crippen MR) is 100 cm³/mol. The van der Waals surface area contributed by atoms with Crippen molar-refractivity contribution in [2.24, 2.45) is 0 Å². The van der Waals surface area contributed by atoms with Crippen LogP contribution in [0.4, 0.5) is 5.69 Å². The largest absolute Gasteiger partial charge is 0.324 e. The molecule has 3 rings (SSSR count). The molecule has 1 amide bonds. The molecule has 0 spiro atoms. The summed E-state index contributed by atoms with van der Waals surface area (Å²) in [5, 5.41) is 6.51. The molecule has 0 fully saturated rings. The lowest BCUT2D eigenvalue weighted by atomic mass is 10.3. The maximum absolute atomic E-state index is 12.7. The van der Waals surface area contributed by atoms with Crippen LogP contribution in [0.1, 0.15) is 0 Å². The molecule has 9 heteroatoms. The average Bonchev–Trinajstić information content (AvgIpc) is 2.64. The van der Waals surface area contributed by atoms with E-state index in [0.717, 1.165) is 16.8 Å². The summed E-state index contributed by atoms with van der Waals surface area (Å²) in [6.45, 7) is -0.419. The van der Waals surface area contributed by atoms with Crippen molar-refractivity contribution in [2.75, 3.05) is 5.32 Å². The van der Waals surface area contributed by atoms with Gasteiger partial charge in [-0.2, -0.15) is 5.10 Å². The standard InChI is InChI=1S/C18H14ClN3O4S/c19-13-6-8-15(9-7-13)27(25,26)17-10-11-18(24)22(21-17)12-16(23)20-14-4-2-1-3-5-14/h1-11H,12H2,(H,20,23). The highest BCUT2D eigenvalue weighted by Crippen LogP contribution is 2.20. The van der Waals surface area contributed by atoms with Crippen molar-refractivity contribution < 1.29 is 13.2 Å². The van der Waals surface area contributed by atoms with E-state index >= 15 is 0 Å². The van der Waals surface area contributed by atoms with Crippen LogP contribution in [-0.4, -0.2) is 24.1 Å². The fraction of sp³-hybridized carbons (Fsp3) is 0.0556. The average molecular weight is 404 g/mol. The first-order valence-corrected chi connectivity index (χ1v) is 9.66. The van der Waals surface area contributed by atoms with E-state index in [9.17, 15) is 18.0 Å². The van der Waals surface area contributed by atoms with Crippen LogP contribution in [0.15, 0.2) is 81.4 Å². The third-order valence-corrected chi connectivity index (χ3v) is 5.51. The summed E-state index contributed by atoms with van der Waals surface area (Å²) < 4.78 is 26.1. The zero-order valence-corrected chi connectivity index (χ0v) is 15.4. The molecule has 0 saturated heterocycles. The number of carbonyl (C=O) groups is 1. The SMILES string of the molecule is O=C(Cn1nc(S(=O)(=O)c2ccc(Cl)cc2)ccc1=O)Nc1ccccc1. The number of nitrogens with zero attached hydrogens (tertiary/aromatic N) is 2. The molecule has 0 bridgehead atoms. The quantitative estimate of drug-likeness (QED) is 0.705. The molecule has 1 aromatic heterocycles. The summed E-state index contributed by atoms with van der Waals surface area (Å²) in [7, 11) is -3.95. The second-order valence-corrected chi connectivity index (χ2v) is 7.87. The van der Waals surface area contributed by atoms with Crippen molar-refractivity contribution in [2.45, 2.75) is 16.5 Å². The molecule has 2 aromatic carbocycles. The Hall–Kier alpha value is -2.97. The third-order valence-electron chi connectivity index (χ3n) is 3.59. The van der Waals surface area contributed by atoms with Gasteiger partial charge in [-0.15, -0.1) is 0 Å². The number of para-hydroxylation sites is 1. The van der Waals surface area contributed by atoms with E-state index in [4.69, 9.17) is 11.6 Å². The number of hydrogen-bond acceptors (Lipinski definition) is 5. The van der Waals surface area contributed by atoms with Gasteiger partial charge in [0.2, 0.25) is 15.7 Å². The lowest BCUT2D eigenvalue weighted by molar-refractivity contribution is -0.117. The normalized spacial score (nSPS) is 11.1. The van der Waals surface area contributed by atoms with E-state index in [2.05, 4.69) is 10.4 Å². The predicted octanol–water partition coefficient (Wildman–Crippen LogP) is 2.37. The molecule has 0 unspecified atom stereocenters. The molecule has 0 saturated carbocycles. The van der Waals surface area contributed by atoms with Crippen molar-refractivity contribution >= 4 is 33.0 Å². The lowest BCUT2D eigenvalue weighted by Crippen LogP contribution is -2.30. The summed E-state index contributed by atoms with van der Waals surface area (Å²) in [6.07, 6.45) is 0. The van der Waals surface area contributed by atoms with Crippen LogP contribution in [-0.2, 0) is 21.2 Å². The van der Waals surface area contributed by atoms with Gasteiger partial charge < -0.3 is 5.32 Å². The highest BCUT2D eigenvalue weighted by atomic mass is 35.5. The van der Waals surface area contributed by atoms with Crippen LogP contribution in [0.3, 0.4) is 0 Å². The monoisotopic (exact) mass is 403 g/mol. The number of nitrogens with one attached hydrogen (secondary N) is 1. The number of amides is 1. The summed E-state index contributed by atoms with van der Waals surface area (Å²) in [5.41, 5.74) is -0.0336. The molecule has 0 aliphatic heterocycles. The lowest BCUT2D eigenvalue weighted by Gasteiger charge is -2.09. The maximum atomic E-state index is 12.7. The zero-order valence-electron chi connectivity index (χ0n) is 13.9. The van der Waals surface area contributed by atoms with Gasteiger partial charge in [-0.1, -0.05) is 29.8 Å². The first-order valence-electron chi connectivity index (χ1n) is 7.80. The smallest absolute Gasteiger partial charge is 0.267 e. The van der Waals surface area contributed by atoms with Crippen LogP contribution in [0, 0.1) is 0 Å². The highest BCUT2D eigenvalue weighted by molar-refractivity contribution is 7.91. The molecule has 0 atom stereocenters. The number of halogens is 1. The molecule has 1 N–H and O–H groups in total. The van der Waals surface area contributed by atoms with Gasteiger partial charge in [0.1, 0.15) is 6.54 Å². The summed E-state index contributed by atoms with van der Waals surface area (Å²) >= 11 is 5.78. The Morgan fingerprint density at radius 3 is 2.33 bits per heavy atom. The van der Waals surface area contributed by atoms with E-state index in [1.165, 1.54) is 24.3 Å². The fourth-order valence-electron chi connectivity index (χ4n) is 2.28. The van der Waals surface area contributed by atoms with Crippen molar-refractivity contribution in [1.82, 2.24) is 9.78 Å². The van der Waals surface area contributed by atoms with Gasteiger partial charge in [0.15, 0.2) is 5.03 Å². The van der Waals surface area contributed by atoms with E-state index in [-0.39, 0.29) is 9.92 Å². The number of rotatable bonds is 5. The van der Waals surface area contributed by atoms with Gasteiger partial charge in [-0.25, -0.2) is 13.1 Å². The van der Waals surface area contributed by atoms with E-state index in [1.807, 2.05) is 0 Å². The first kappa shape index (κ1) is 18.8. The Kier molecular flexibility index (Phi) is 5.38. The molecule has 3 aromatic rings. The van der Waals surface area contributed by atoms with E-state index in [1.54, 1.807) is 30.3 Å². The van der Waals surface area contributed by atoms with Crippen LogP contribution in [0.25, 0.3) is 0 Å². The van der Waals surface area contributed by atoms with Crippen LogP contribution in [0.2, 0.25) is 5.02 Å². The second kappa shape index (κ2) is 7.73. The molecular formula is C18H14ClN3O4S. The minimum absolute atomic E-state index is 0.0154. The highest BCUT2D eigenvalue weighted by Gasteiger charge is 2.21. The molecule has 138 valence electrons. The molecule has 27 heavy (non-hydrogen) atoms. The third kappa shape index (κ3) is 4.42. The molecule has 7 nitrogen and oxygen atoms in total. The first-order chi connectivity index (χ1) is 12.9. The topological polar surface area (TPSA) is 98.1 Å². The van der Waals surface area contributed by atoms with Crippen molar-refractivity contribution in [3.63, 3.8) is 0 Å². The number of aromatic nitrogens is 2. The van der Waals surface area contributed by atoms with Crippen LogP contribution < -0.4 is 10.9 Å². The molecule has 0 radical (unpaired) electrons. The summed E-state index contributed by atoms with van der Waals surface area (Å²) in [6, 6.07) is 16.4. The van der Waals surface area contributed by atoms with Crippen molar-refractivity contribution in [3.05, 3.63) is 82.1 Å². The Bertz CT molecular complexity index is 1130. The van der Waals surface area contributed by atoms with Crippen molar-refractivity contribution in [3.8, 4) is 0 Å². The second-order valence-electron chi connectivity index (χ2n) is 5.54. The van der Waals surface area contributed by atoms with Gasteiger partial charge in [0.05, 0.1) is 4.90 Å². The minimum Gasteiger partial charge on any atom is -0.324 e. The summed E-state index contributed by atoms with van der Waals surface area (Å²) in [5.74, 6) is -0.503.